The number of hydrogen-bond donors (Lipinski definition) is 3. The van der Waals surface area contributed by atoms with Gasteiger partial charge in [0.1, 0.15) is 25.5 Å². The van der Waals surface area contributed by atoms with Crippen molar-refractivity contribution in [1.29, 1.82) is 0 Å². The highest BCUT2D eigenvalue weighted by Crippen LogP contribution is 2.43. The monoisotopic (exact) mass is 945 g/mol. The fourth-order valence-electron chi connectivity index (χ4n) is 8.51. The number of ether oxygens (including phenoxy) is 2. The van der Waals surface area contributed by atoms with Gasteiger partial charge in [0.05, 0.1) is 40.0 Å². The van der Waals surface area contributed by atoms with Crippen molar-refractivity contribution in [3.05, 3.63) is 12.2 Å². The lowest BCUT2D eigenvalue weighted by atomic mass is 9.88. The van der Waals surface area contributed by atoms with Gasteiger partial charge < -0.3 is 29.1 Å². The Bertz CT molecular complexity index is 1270. The molecule has 0 radical (unpaired) electrons. The van der Waals surface area contributed by atoms with Crippen LogP contribution in [0.5, 0.6) is 0 Å². The average molecular weight is 945 g/mol. The average Bonchev–Trinajstić information content (AvgIpc) is 3.52. The molecule has 0 spiro atoms. The predicted octanol–water partition coefficient (Wildman–Crippen LogP) is 12.3. The number of hydrogen-bond acceptors (Lipinski definition) is 10. The number of Topliss-reactive ketones (excluding diaryl/α,β-unsaturated/α-hetero) is 1. The van der Waals surface area contributed by atoms with Crippen molar-refractivity contribution in [2.45, 2.75) is 244 Å². The quantitative estimate of drug-likeness (QED) is 0.0175. The van der Waals surface area contributed by atoms with E-state index in [1.165, 1.54) is 109 Å². The number of nitrogens with zero attached hydrogens (tertiary/aromatic N) is 1. The molecule has 382 valence electrons. The van der Waals surface area contributed by atoms with Crippen molar-refractivity contribution in [3.63, 3.8) is 0 Å². The number of carbonyl (C=O) groups excluding carboxylic acids is 3. The lowest BCUT2D eigenvalue weighted by Gasteiger charge is -2.24. The van der Waals surface area contributed by atoms with Crippen LogP contribution in [0.1, 0.15) is 226 Å². The number of phosphoric acid groups is 1. The summed E-state index contributed by atoms with van der Waals surface area (Å²) < 4.78 is 34.4. The Morgan fingerprint density at radius 1 is 0.677 bits per heavy atom. The molecule has 0 saturated heterocycles. The van der Waals surface area contributed by atoms with Crippen LogP contribution in [0.3, 0.4) is 0 Å². The molecule has 6 atom stereocenters. The number of aliphatic hydroxyl groups is 2. The number of quaternary nitrogens is 1. The molecule has 0 aromatic rings. The topological polar surface area (TPSA) is 166 Å². The highest BCUT2D eigenvalue weighted by molar-refractivity contribution is 7.47. The molecule has 12 nitrogen and oxygen atoms in total. The fraction of sp³-hybridized carbons (Fsp3) is 0.904. The van der Waals surface area contributed by atoms with E-state index in [0.29, 0.717) is 36.7 Å². The molecule has 0 bridgehead atoms. The first kappa shape index (κ1) is 61.4. The molecule has 1 unspecified atom stereocenters. The van der Waals surface area contributed by atoms with E-state index in [-0.39, 0.29) is 44.2 Å². The van der Waals surface area contributed by atoms with Gasteiger partial charge in [0.15, 0.2) is 6.10 Å². The van der Waals surface area contributed by atoms with Gasteiger partial charge in [-0.3, -0.25) is 23.4 Å². The van der Waals surface area contributed by atoms with Gasteiger partial charge in [0, 0.05) is 25.2 Å². The minimum absolute atomic E-state index is 0.00535. The zero-order valence-electron chi connectivity index (χ0n) is 42.2. The number of ketones is 1. The molecule has 1 aliphatic carbocycles. The van der Waals surface area contributed by atoms with Crippen LogP contribution in [-0.2, 0) is 37.5 Å². The van der Waals surface area contributed by atoms with Crippen LogP contribution >= 0.6 is 7.82 Å². The van der Waals surface area contributed by atoms with Crippen LogP contribution in [0.15, 0.2) is 12.2 Å². The summed E-state index contributed by atoms with van der Waals surface area (Å²) >= 11 is 0. The van der Waals surface area contributed by atoms with E-state index in [1.807, 2.05) is 21.1 Å². The Kier molecular flexibility index (Phi) is 37.0. The standard InChI is InChI=1S/C52H98NO11P/c1-6-8-10-11-12-13-14-15-16-17-18-19-20-21-22-23-24-25-26-27-32-36-51(57)61-43-46(44-63-65(59,60)62-41-40-53(3,4)5)64-52(58)37-33-29-28-31-35-47-48(50(56)42-49(47)55)39-38-45(54)34-30-9-7-2/h38-39,45-49,54-55H,6-37,40-44H2,1-5H3/p+1/b39-38+/t45-,46+,47+,48+,49-/m0/s1. The van der Waals surface area contributed by atoms with Crippen molar-refractivity contribution >= 4 is 25.5 Å². The van der Waals surface area contributed by atoms with Gasteiger partial charge >= 0.3 is 19.8 Å². The predicted molar refractivity (Wildman–Crippen MR) is 262 cm³/mol. The van der Waals surface area contributed by atoms with E-state index in [0.717, 1.165) is 57.8 Å². The van der Waals surface area contributed by atoms with E-state index in [2.05, 4.69) is 13.8 Å². The van der Waals surface area contributed by atoms with Crippen LogP contribution in [-0.4, -0.2) is 103 Å². The third-order valence-electron chi connectivity index (χ3n) is 12.7. The number of likely N-dealkylation sites (N-methyl/N-ethyl adjacent to an activating group) is 1. The minimum Gasteiger partial charge on any atom is -0.462 e. The fourth-order valence-corrected chi connectivity index (χ4v) is 9.25. The summed E-state index contributed by atoms with van der Waals surface area (Å²) in [6, 6.07) is 0. The summed E-state index contributed by atoms with van der Waals surface area (Å²) in [7, 11) is 1.34. The molecule has 13 heteroatoms. The van der Waals surface area contributed by atoms with E-state index >= 15 is 0 Å². The second-order valence-electron chi connectivity index (χ2n) is 20.1. The van der Waals surface area contributed by atoms with Gasteiger partial charge in [-0.15, -0.1) is 0 Å². The molecule has 1 aliphatic rings. The van der Waals surface area contributed by atoms with Crippen LogP contribution in [0.2, 0.25) is 0 Å². The molecule has 0 heterocycles. The molecule has 1 fully saturated rings. The van der Waals surface area contributed by atoms with Gasteiger partial charge in [-0.2, -0.15) is 0 Å². The van der Waals surface area contributed by atoms with Gasteiger partial charge in [0.25, 0.3) is 0 Å². The number of esters is 2. The largest absolute Gasteiger partial charge is 0.472 e. The van der Waals surface area contributed by atoms with Crippen molar-refractivity contribution < 1.29 is 57.1 Å². The first-order chi connectivity index (χ1) is 31.2. The summed E-state index contributed by atoms with van der Waals surface area (Å²) in [6.07, 6.45) is 35.9. The Hall–Kier alpha value is -1.66. The number of allylic oxidation sites excluding steroid dienone is 1. The lowest BCUT2D eigenvalue weighted by Crippen LogP contribution is -2.37. The maximum absolute atomic E-state index is 12.9. The SMILES string of the molecule is CCCCCCCCCCCCCCCCCCCCCCCC(=O)OC[C@H](COP(=O)(O)OCC[N+](C)(C)C)OC(=O)CCCCCC[C@H]1[C@@H](O)CC(=O)[C@@H]1/C=C/[C@@H](O)CCCCC. The second kappa shape index (κ2) is 39.2. The molecule has 3 N–H and O–H groups in total. The van der Waals surface area contributed by atoms with Gasteiger partial charge in [0.2, 0.25) is 0 Å². The molecule has 0 aromatic carbocycles. The van der Waals surface area contributed by atoms with Crippen LogP contribution < -0.4 is 0 Å². The highest BCUT2D eigenvalue weighted by Gasteiger charge is 2.39. The third kappa shape index (κ3) is 36.1. The van der Waals surface area contributed by atoms with Gasteiger partial charge in [-0.05, 0) is 31.6 Å². The smallest absolute Gasteiger partial charge is 0.462 e. The Labute approximate surface area is 396 Å². The Morgan fingerprint density at radius 2 is 1.14 bits per heavy atom. The number of carbonyl (C=O) groups is 3. The number of phosphoric ester groups is 1. The minimum atomic E-state index is -4.44. The van der Waals surface area contributed by atoms with Gasteiger partial charge in [-0.25, -0.2) is 4.57 Å². The molecular formula is C52H99NO11P+. The zero-order chi connectivity index (χ0) is 48.0. The molecule has 65 heavy (non-hydrogen) atoms. The molecule has 1 saturated carbocycles. The number of rotatable bonds is 45. The molecule has 0 amide bonds. The summed E-state index contributed by atoms with van der Waals surface area (Å²) in [5.74, 6) is -1.52. The van der Waals surface area contributed by atoms with Crippen molar-refractivity contribution in [1.82, 2.24) is 0 Å². The first-order valence-electron chi connectivity index (χ1n) is 26.5. The van der Waals surface area contributed by atoms with Crippen LogP contribution in [0, 0.1) is 11.8 Å². The highest BCUT2D eigenvalue weighted by atomic mass is 31.2. The summed E-state index contributed by atoms with van der Waals surface area (Å²) in [6.45, 7) is 4.09. The van der Waals surface area contributed by atoms with E-state index in [4.69, 9.17) is 18.5 Å². The Balaban J connectivity index is 2.34. The van der Waals surface area contributed by atoms with E-state index < -0.39 is 50.6 Å². The third-order valence-corrected chi connectivity index (χ3v) is 13.7. The van der Waals surface area contributed by atoms with Gasteiger partial charge in [-0.1, -0.05) is 193 Å². The number of unbranched alkanes of at least 4 members (excludes halogenated alkanes) is 25. The van der Waals surface area contributed by atoms with Crippen molar-refractivity contribution in [3.8, 4) is 0 Å². The normalized spacial score (nSPS) is 18.6. The van der Waals surface area contributed by atoms with Crippen molar-refractivity contribution in [2.24, 2.45) is 11.8 Å². The zero-order valence-corrected chi connectivity index (χ0v) is 43.1. The summed E-state index contributed by atoms with van der Waals surface area (Å²) in [5.41, 5.74) is 0. The first-order valence-corrected chi connectivity index (χ1v) is 28.0. The van der Waals surface area contributed by atoms with Crippen LogP contribution in [0.4, 0.5) is 0 Å². The second-order valence-corrected chi connectivity index (χ2v) is 21.5. The lowest BCUT2D eigenvalue weighted by molar-refractivity contribution is -0.870. The molecular weight excluding hydrogens is 846 g/mol. The number of aliphatic hydroxyl groups excluding tert-OH is 2. The van der Waals surface area contributed by atoms with Crippen LogP contribution in [0.25, 0.3) is 0 Å². The summed E-state index contributed by atoms with van der Waals surface area (Å²) in [5, 5.41) is 20.9. The maximum atomic E-state index is 12.9. The van der Waals surface area contributed by atoms with Crippen molar-refractivity contribution in [2.75, 3.05) is 47.5 Å². The molecule has 0 aliphatic heterocycles. The molecule has 1 rings (SSSR count). The summed E-state index contributed by atoms with van der Waals surface area (Å²) in [4.78, 5) is 48.3. The maximum Gasteiger partial charge on any atom is 0.472 e. The van der Waals surface area contributed by atoms with E-state index in [1.54, 1.807) is 12.2 Å². The Morgan fingerprint density at radius 3 is 1.65 bits per heavy atom. The van der Waals surface area contributed by atoms with E-state index in [9.17, 15) is 34.1 Å². The molecule has 0 aromatic heterocycles.